The highest BCUT2D eigenvalue weighted by Crippen LogP contribution is 2.20. The van der Waals surface area contributed by atoms with Gasteiger partial charge < -0.3 is 10.1 Å². The van der Waals surface area contributed by atoms with Crippen LogP contribution in [-0.2, 0) is 16.1 Å². The molecule has 1 N–H and O–H groups in total. The van der Waals surface area contributed by atoms with Crippen LogP contribution in [0.3, 0.4) is 0 Å². The summed E-state index contributed by atoms with van der Waals surface area (Å²) in [4.78, 5) is 28.6. The molecule has 0 saturated heterocycles. The van der Waals surface area contributed by atoms with Crippen molar-refractivity contribution in [3.05, 3.63) is 21.8 Å². The van der Waals surface area contributed by atoms with E-state index in [0.29, 0.717) is 35.1 Å². The van der Waals surface area contributed by atoms with Gasteiger partial charge in [-0.3, -0.25) is 14.2 Å². The van der Waals surface area contributed by atoms with Gasteiger partial charge in [-0.25, -0.2) is 4.98 Å². The molecule has 2 aromatic heterocycles. The summed E-state index contributed by atoms with van der Waals surface area (Å²) in [6, 6.07) is 1.83. The quantitative estimate of drug-likeness (QED) is 0.450. The number of thiophene rings is 1. The number of nitrogens with one attached hydrogen (secondary N) is 1. The van der Waals surface area contributed by atoms with Gasteiger partial charge >= 0.3 is 0 Å². The van der Waals surface area contributed by atoms with Crippen LogP contribution in [0, 0.1) is 0 Å². The molecule has 0 radical (unpaired) electrons. The van der Waals surface area contributed by atoms with E-state index in [1.54, 1.807) is 11.7 Å². The third kappa shape index (κ3) is 4.08. The highest BCUT2D eigenvalue weighted by atomic mass is 32.2. The molecule has 0 aliphatic heterocycles. The molecule has 0 aromatic carbocycles. The first-order valence-corrected chi connectivity index (χ1v) is 8.90. The van der Waals surface area contributed by atoms with Gasteiger partial charge in [0.15, 0.2) is 5.16 Å². The Bertz CT molecular complexity index is 696. The fourth-order valence-electron chi connectivity index (χ4n) is 1.94. The van der Waals surface area contributed by atoms with Crippen molar-refractivity contribution in [1.82, 2.24) is 14.9 Å². The molecule has 0 atom stereocenters. The van der Waals surface area contributed by atoms with Crippen molar-refractivity contribution in [2.45, 2.75) is 25.0 Å². The Morgan fingerprint density at radius 1 is 1.55 bits per heavy atom. The SMILES string of the molecule is CCn1c(SCC(=O)NCCCOC)nc2ccsc2c1=O. The minimum absolute atomic E-state index is 0.0366. The van der Waals surface area contributed by atoms with Gasteiger partial charge in [0, 0.05) is 26.8 Å². The fraction of sp³-hybridized carbons (Fsp3) is 0.500. The Morgan fingerprint density at radius 3 is 3.09 bits per heavy atom. The maximum Gasteiger partial charge on any atom is 0.272 e. The first kappa shape index (κ1) is 17.0. The van der Waals surface area contributed by atoms with Crippen LogP contribution < -0.4 is 10.9 Å². The molecule has 8 heteroatoms. The lowest BCUT2D eigenvalue weighted by molar-refractivity contribution is -0.118. The predicted molar refractivity (Wildman–Crippen MR) is 89.8 cm³/mol. The van der Waals surface area contributed by atoms with Gasteiger partial charge in [0.25, 0.3) is 5.56 Å². The highest BCUT2D eigenvalue weighted by Gasteiger charge is 2.12. The van der Waals surface area contributed by atoms with E-state index in [2.05, 4.69) is 10.3 Å². The van der Waals surface area contributed by atoms with Gasteiger partial charge in [-0.05, 0) is 24.8 Å². The fourth-order valence-corrected chi connectivity index (χ4v) is 3.61. The van der Waals surface area contributed by atoms with Gasteiger partial charge in [-0.1, -0.05) is 11.8 Å². The van der Waals surface area contributed by atoms with Crippen LogP contribution in [0.25, 0.3) is 10.2 Å². The van der Waals surface area contributed by atoms with Crippen molar-refractivity contribution in [1.29, 1.82) is 0 Å². The summed E-state index contributed by atoms with van der Waals surface area (Å²) in [6.45, 7) is 3.65. The molecule has 0 bridgehead atoms. The molecular weight excluding hydrogens is 322 g/mol. The smallest absolute Gasteiger partial charge is 0.272 e. The number of nitrogens with zero attached hydrogens (tertiary/aromatic N) is 2. The molecule has 2 aromatic rings. The zero-order valence-corrected chi connectivity index (χ0v) is 14.3. The number of aromatic nitrogens is 2. The Balaban J connectivity index is 2.02. The maximum atomic E-state index is 12.3. The third-order valence-electron chi connectivity index (χ3n) is 3.03. The van der Waals surface area contributed by atoms with Gasteiger partial charge in [0.05, 0.1) is 11.3 Å². The zero-order chi connectivity index (χ0) is 15.9. The van der Waals surface area contributed by atoms with Gasteiger partial charge in [0.2, 0.25) is 5.91 Å². The summed E-state index contributed by atoms with van der Waals surface area (Å²) in [5, 5.41) is 5.26. The second-order valence-electron chi connectivity index (χ2n) is 4.56. The highest BCUT2D eigenvalue weighted by molar-refractivity contribution is 7.99. The normalized spacial score (nSPS) is 11.0. The van der Waals surface area contributed by atoms with Crippen molar-refractivity contribution < 1.29 is 9.53 Å². The second-order valence-corrected chi connectivity index (χ2v) is 6.42. The molecule has 0 fully saturated rings. The number of rotatable bonds is 8. The number of carbonyl (C=O) groups excluding carboxylic acids is 1. The molecule has 0 aliphatic carbocycles. The van der Waals surface area contributed by atoms with Crippen molar-refractivity contribution in [3.63, 3.8) is 0 Å². The summed E-state index contributed by atoms with van der Waals surface area (Å²) < 4.78 is 7.20. The first-order valence-electron chi connectivity index (χ1n) is 7.03. The van der Waals surface area contributed by atoms with E-state index in [1.807, 2.05) is 18.4 Å². The Labute approximate surface area is 136 Å². The van der Waals surface area contributed by atoms with Crippen LogP contribution in [0.2, 0.25) is 0 Å². The van der Waals surface area contributed by atoms with Crippen LogP contribution >= 0.6 is 23.1 Å². The van der Waals surface area contributed by atoms with E-state index in [-0.39, 0.29) is 17.2 Å². The number of fused-ring (bicyclic) bond motifs is 1. The molecule has 0 saturated carbocycles. The summed E-state index contributed by atoms with van der Waals surface area (Å²) in [7, 11) is 1.63. The maximum absolute atomic E-state index is 12.3. The molecule has 22 heavy (non-hydrogen) atoms. The van der Waals surface area contributed by atoms with Gasteiger partial charge in [0.1, 0.15) is 4.70 Å². The number of hydrogen-bond acceptors (Lipinski definition) is 6. The Hall–Kier alpha value is -1.38. The van der Waals surface area contributed by atoms with Crippen LogP contribution in [0.1, 0.15) is 13.3 Å². The lowest BCUT2D eigenvalue weighted by Gasteiger charge is -2.09. The van der Waals surface area contributed by atoms with E-state index < -0.39 is 0 Å². The summed E-state index contributed by atoms with van der Waals surface area (Å²) in [5.74, 6) is 0.179. The molecule has 2 rings (SSSR count). The number of amides is 1. The molecule has 1 amide bonds. The summed E-state index contributed by atoms with van der Waals surface area (Å²) in [6.07, 6.45) is 0.783. The van der Waals surface area contributed by atoms with Gasteiger partial charge in [-0.15, -0.1) is 11.3 Å². The van der Waals surface area contributed by atoms with Crippen molar-refractivity contribution in [2.75, 3.05) is 26.0 Å². The summed E-state index contributed by atoms with van der Waals surface area (Å²) in [5.41, 5.74) is 0.660. The van der Waals surface area contributed by atoms with Crippen LogP contribution in [0.4, 0.5) is 0 Å². The van der Waals surface area contributed by atoms with E-state index in [1.165, 1.54) is 23.1 Å². The molecule has 0 aliphatic rings. The molecule has 0 spiro atoms. The third-order valence-corrected chi connectivity index (χ3v) is 4.89. The number of hydrogen-bond donors (Lipinski definition) is 1. The number of carbonyl (C=O) groups is 1. The molecule has 2 heterocycles. The lowest BCUT2D eigenvalue weighted by atomic mass is 10.4. The number of methoxy groups -OCH3 is 1. The van der Waals surface area contributed by atoms with Crippen LogP contribution in [0.15, 0.2) is 21.4 Å². The molecule has 0 unspecified atom stereocenters. The number of ether oxygens (including phenoxy) is 1. The Morgan fingerprint density at radius 2 is 2.36 bits per heavy atom. The second kappa shape index (κ2) is 8.30. The average molecular weight is 341 g/mol. The van der Waals surface area contributed by atoms with Crippen molar-refractivity contribution in [3.8, 4) is 0 Å². The topological polar surface area (TPSA) is 73.2 Å². The summed E-state index contributed by atoms with van der Waals surface area (Å²) >= 11 is 2.69. The van der Waals surface area contributed by atoms with E-state index in [4.69, 9.17) is 4.74 Å². The van der Waals surface area contributed by atoms with Crippen LogP contribution in [0.5, 0.6) is 0 Å². The van der Waals surface area contributed by atoms with Crippen molar-refractivity contribution in [2.24, 2.45) is 0 Å². The molecular formula is C14H19N3O3S2. The van der Waals surface area contributed by atoms with Gasteiger partial charge in [-0.2, -0.15) is 0 Å². The Kier molecular flexibility index (Phi) is 6.41. The number of thioether (sulfide) groups is 1. The van der Waals surface area contributed by atoms with Crippen LogP contribution in [-0.4, -0.2) is 41.5 Å². The standard InChI is InChI=1S/C14H19N3O3S2/c1-3-17-13(19)12-10(5-8-21-12)16-14(17)22-9-11(18)15-6-4-7-20-2/h5,8H,3-4,6-7,9H2,1-2H3,(H,15,18). The van der Waals surface area contributed by atoms with E-state index in [9.17, 15) is 9.59 Å². The predicted octanol–water partition coefficient (Wildman–Crippen LogP) is 1.72. The minimum Gasteiger partial charge on any atom is -0.385 e. The lowest BCUT2D eigenvalue weighted by Crippen LogP contribution is -2.28. The van der Waals surface area contributed by atoms with E-state index in [0.717, 1.165) is 6.42 Å². The monoisotopic (exact) mass is 341 g/mol. The van der Waals surface area contributed by atoms with E-state index >= 15 is 0 Å². The molecule has 120 valence electrons. The average Bonchev–Trinajstić information content (AvgIpc) is 2.98. The minimum atomic E-state index is -0.0663. The molecule has 6 nitrogen and oxygen atoms in total. The van der Waals surface area contributed by atoms with Crippen molar-refractivity contribution >= 4 is 39.2 Å². The first-order chi connectivity index (χ1) is 10.7. The zero-order valence-electron chi connectivity index (χ0n) is 12.6. The largest absolute Gasteiger partial charge is 0.385 e.